The SMILES string of the molecule is CC(C)(C)C1=C(CP(=O)(O)O)C=CC(O)(C(C)(C)C)C1. The minimum absolute atomic E-state index is 0.242. The molecule has 20 heavy (non-hydrogen) atoms. The van der Waals surface area contributed by atoms with Crippen LogP contribution in [0.25, 0.3) is 0 Å². The highest BCUT2D eigenvalue weighted by molar-refractivity contribution is 7.52. The van der Waals surface area contributed by atoms with E-state index in [1.54, 1.807) is 12.2 Å². The minimum atomic E-state index is -4.11. The largest absolute Gasteiger partial charge is 0.385 e. The molecule has 0 spiro atoms. The molecule has 0 aromatic carbocycles. The van der Waals surface area contributed by atoms with Gasteiger partial charge in [0.1, 0.15) is 0 Å². The standard InChI is InChI=1S/C15H27O4P/c1-13(2,3)12-9-15(16,14(4,5)6)8-7-11(12)10-20(17,18)19/h7-8,16H,9-10H2,1-6H3,(H2,17,18,19). The van der Waals surface area contributed by atoms with Crippen LogP contribution in [0, 0.1) is 10.8 Å². The van der Waals surface area contributed by atoms with Crippen LogP contribution in [0.3, 0.4) is 0 Å². The van der Waals surface area contributed by atoms with Gasteiger partial charge < -0.3 is 14.9 Å². The smallest absolute Gasteiger partial charge is 0.329 e. The van der Waals surface area contributed by atoms with Crippen LogP contribution in [0.4, 0.5) is 0 Å². The highest BCUT2D eigenvalue weighted by Crippen LogP contribution is 2.48. The average molecular weight is 302 g/mol. The zero-order chi connectivity index (χ0) is 16.0. The molecule has 0 aromatic heterocycles. The van der Waals surface area contributed by atoms with Gasteiger partial charge in [-0.1, -0.05) is 59.3 Å². The molecule has 0 saturated heterocycles. The summed E-state index contributed by atoms with van der Waals surface area (Å²) in [6.45, 7) is 11.9. The van der Waals surface area contributed by atoms with E-state index in [4.69, 9.17) is 0 Å². The van der Waals surface area contributed by atoms with Crippen molar-refractivity contribution >= 4 is 7.60 Å². The Morgan fingerprint density at radius 2 is 1.70 bits per heavy atom. The summed E-state index contributed by atoms with van der Waals surface area (Å²) in [5.74, 6) is 0. The summed E-state index contributed by atoms with van der Waals surface area (Å²) >= 11 is 0. The maximum Gasteiger partial charge on any atom is 0.329 e. The van der Waals surface area contributed by atoms with Crippen LogP contribution in [-0.2, 0) is 4.57 Å². The molecule has 0 heterocycles. The lowest BCUT2D eigenvalue weighted by Gasteiger charge is -2.44. The first kappa shape index (κ1) is 17.6. The molecule has 1 rings (SSSR count). The molecule has 1 unspecified atom stereocenters. The Hall–Kier alpha value is -0.410. The molecule has 1 atom stereocenters. The second-order valence-electron chi connectivity index (χ2n) is 7.76. The van der Waals surface area contributed by atoms with E-state index in [1.165, 1.54) is 0 Å². The van der Waals surface area contributed by atoms with Crippen molar-refractivity contribution in [3.8, 4) is 0 Å². The second-order valence-corrected chi connectivity index (χ2v) is 9.41. The van der Waals surface area contributed by atoms with Crippen LogP contribution in [0.1, 0.15) is 48.0 Å². The third kappa shape index (κ3) is 4.05. The van der Waals surface area contributed by atoms with E-state index in [0.29, 0.717) is 12.0 Å². The summed E-state index contributed by atoms with van der Waals surface area (Å²) in [6, 6.07) is 0. The van der Waals surface area contributed by atoms with Gasteiger partial charge in [-0.05, 0) is 16.4 Å². The van der Waals surface area contributed by atoms with Gasteiger partial charge in [0, 0.05) is 6.42 Å². The predicted molar refractivity (Wildman–Crippen MR) is 81.6 cm³/mol. The maximum absolute atomic E-state index is 11.3. The van der Waals surface area contributed by atoms with Gasteiger partial charge in [0.15, 0.2) is 0 Å². The first-order valence-electron chi connectivity index (χ1n) is 6.84. The number of rotatable bonds is 2. The highest BCUT2D eigenvalue weighted by Gasteiger charge is 2.43. The fraction of sp³-hybridized carbons (Fsp3) is 0.733. The lowest BCUT2D eigenvalue weighted by atomic mass is 9.66. The molecule has 0 bridgehead atoms. The Morgan fingerprint density at radius 1 is 1.20 bits per heavy atom. The van der Waals surface area contributed by atoms with Crippen molar-refractivity contribution in [3.05, 3.63) is 23.3 Å². The predicted octanol–water partition coefficient (Wildman–Crippen LogP) is 3.24. The summed E-state index contributed by atoms with van der Waals surface area (Å²) < 4.78 is 11.3. The number of allylic oxidation sites excluding steroid dienone is 2. The molecule has 5 heteroatoms. The molecule has 4 nitrogen and oxygen atoms in total. The number of hydrogen-bond acceptors (Lipinski definition) is 2. The molecule has 116 valence electrons. The van der Waals surface area contributed by atoms with E-state index in [1.807, 2.05) is 41.5 Å². The summed E-state index contributed by atoms with van der Waals surface area (Å²) in [5, 5.41) is 10.8. The molecular weight excluding hydrogens is 275 g/mol. The van der Waals surface area contributed by atoms with Crippen LogP contribution in [0.2, 0.25) is 0 Å². The van der Waals surface area contributed by atoms with Crippen molar-refractivity contribution in [1.82, 2.24) is 0 Å². The maximum atomic E-state index is 11.3. The van der Waals surface area contributed by atoms with Crippen LogP contribution < -0.4 is 0 Å². The number of hydrogen-bond donors (Lipinski definition) is 3. The fourth-order valence-electron chi connectivity index (χ4n) is 2.41. The Balaban J connectivity index is 3.28. The van der Waals surface area contributed by atoms with Crippen molar-refractivity contribution in [2.75, 3.05) is 6.16 Å². The Labute approximate surface area is 121 Å². The summed E-state index contributed by atoms with van der Waals surface area (Å²) in [6.07, 6.45) is 3.52. The normalized spacial score (nSPS) is 25.2. The zero-order valence-corrected chi connectivity index (χ0v) is 14.2. The lowest BCUT2D eigenvalue weighted by molar-refractivity contribution is -0.0178. The molecule has 0 radical (unpaired) electrons. The topological polar surface area (TPSA) is 77.8 Å². The van der Waals surface area contributed by atoms with Crippen molar-refractivity contribution in [3.63, 3.8) is 0 Å². The van der Waals surface area contributed by atoms with Crippen molar-refractivity contribution in [2.45, 2.75) is 53.6 Å². The molecule has 0 fully saturated rings. The van der Waals surface area contributed by atoms with Gasteiger partial charge in [-0.15, -0.1) is 0 Å². The highest BCUT2D eigenvalue weighted by atomic mass is 31.2. The van der Waals surface area contributed by atoms with Crippen LogP contribution in [0.15, 0.2) is 23.3 Å². The van der Waals surface area contributed by atoms with Gasteiger partial charge >= 0.3 is 7.60 Å². The van der Waals surface area contributed by atoms with E-state index in [0.717, 1.165) is 5.57 Å². The summed E-state index contributed by atoms with van der Waals surface area (Å²) in [4.78, 5) is 18.4. The van der Waals surface area contributed by atoms with Crippen LogP contribution >= 0.6 is 7.60 Å². The van der Waals surface area contributed by atoms with Crippen molar-refractivity contribution < 1.29 is 19.5 Å². The van der Waals surface area contributed by atoms with E-state index >= 15 is 0 Å². The van der Waals surface area contributed by atoms with E-state index in [2.05, 4.69) is 0 Å². The van der Waals surface area contributed by atoms with Gasteiger partial charge in [-0.2, -0.15) is 0 Å². The molecule has 1 aliphatic carbocycles. The molecule has 0 aromatic rings. The molecule has 0 saturated carbocycles. The first-order valence-corrected chi connectivity index (χ1v) is 8.64. The third-order valence-corrected chi connectivity index (χ3v) is 4.73. The van der Waals surface area contributed by atoms with E-state index in [9.17, 15) is 19.5 Å². The quantitative estimate of drug-likeness (QED) is 0.684. The van der Waals surface area contributed by atoms with Crippen molar-refractivity contribution in [2.24, 2.45) is 10.8 Å². The Morgan fingerprint density at radius 3 is 2.05 bits per heavy atom. The molecular formula is C15H27O4P. The lowest BCUT2D eigenvalue weighted by Crippen LogP contribution is -2.44. The van der Waals surface area contributed by atoms with Gasteiger partial charge in [-0.25, -0.2) is 0 Å². The number of aliphatic hydroxyl groups is 1. The zero-order valence-electron chi connectivity index (χ0n) is 13.3. The first-order chi connectivity index (χ1) is 8.66. The van der Waals surface area contributed by atoms with Gasteiger partial charge in [0.2, 0.25) is 0 Å². The average Bonchev–Trinajstić information content (AvgIpc) is 2.15. The fourth-order valence-corrected chi connectivity index (χ4v) is 3.15. The molecule has 3 N–H and O–H groups in total. The monoisotopic (exact) mass is 302 g/mol. The summed E-state index contributed by atoms with van der Waals surface area (Å²) in [7, 11) is -4.11. The van der Waals surface area contributed by atoms with Gasteiger partial charge in [0.25, 0.3) is 0 Å². The van der Waals surface area contributed by atoms with E-state index in [-0.39, 0.29) is 17.0 Å². The Bertz CT molecular complexity index is 485. The summed E-state index contributed by atoms with van der Waals surface area (Å²) in [5.41, 5.74) is -0.00334. The molecule has 0 amide bonds. The molecule has 0 aliphatic heterocycles. The third-order valence-electron chi connectivity index (χ3n) is 3.97. The van der Waals surface area contributed by atoms with Crippen LogP contribution in [0.5, 0.6) is 0 Å². The van der Waals surface area contributed by atoms with Crippen molar-refractivity contribution in [1.29, 1.82) is 0 Å². The van der Waals surface area contributed by atoms with Gasteiger partial charge in [-0.3, -0.25) is 4.57 Å². The van der Waals surface area contributed by atoms with E-state index < -0.39 is 13.2 Å². The minimum Gasteiger partial charge on any atom is -0.385 e. The van der Waals surface area contributed by atoms with Crippen LogP contribution in [-0.4, -0.2) is 26.7 Å². The van der Waals surface area contributed by atoms with Gasteiger partial charge in [0.05, 0.1) is 11.8 Å². The molecule has 1 aliphatic rings. The second kappa shape index (κ2) is 5.10. The Kier molecular flexibility index (Phi) is 4.50.